The summed E-state index contributed by atoms with van der Waals surface area (Å²) in [4.78, 5) is 0. The highest BCUT2D eigenvalue weighted by Gasteiger charge is 2.05. The maximum Gasteiger partial charge on any atom is 0.0693 e. The van der Waals surface area contributed by atoms with Gasteiger partial charge in [-0.1, -0.05) is 15.9 Å². The first kappa shape index (κ1) is 9.65. The van der Waals surface area contributed by atoms with E-state index in [0.717, 1.165) is 19.9 Å². The molecule has 0 bridgehead atoms. The maximum absolute atomic E-state index is 9.06. The number of fused-ring (bicyclic) bond motifs is 1. The predicted octanol–water partition coefficient (Wildman–Crippen LogP) is 3.92. The second-order valence-corrected chi connectivity index (χ2v) is 5.30. The lowest BCUT2D eigenvalue weighted by atomic mass is 10.2. The van der Waals surface area contributed by atoms with Crippen molar-refractivity contribution in [2.75, 3.05) is 0 Å². The van der Waals surface area contributed by atoms with E-state index in [2.05, 4.69) is 37.2 Å². The van der Waals surface area contributed by atoms with Crippen molar-refractivity contribution in [3.8, 4) is 0 Å². The minimum absolute atomic E-state index is 0.0683. The third-order valence-corrected chi connectivity index (χ3v) is 4.51. The van der Waals surface area contributed by atoms with Gasteiger partial charge in [-0.2, -0.15) is 0 Å². The number of hydrogen-bond acceptors (Lipinski definition) is 2. The molecule has 1 nitrogen and oxygen atoms in total. The van der Waals surface area contributed by atoms with Crippen LogP contribution in [0, 0.1) is 0 Å². The standard InChI is InChI=1S/C9H6Br2OS/c10-7-2-9-6(1-5(7)3-12)8(11)4-13-9/h1-2,4,12H,3H2. The lowest BCUT2D eigenvalue weighted by Crippen LogP contribution is -1.83. The summed E-state index contributed by atoms with van der Waals surface area (Å²) < 4.78 is 3.28. The molecule has 1 aromatic heterocycles. The average molecular weight is 322 g/mol. The Morgan fingerprint density at radius 3 is 2.69 bits per heavy atom. The van der Waals surface area contributed by atoms with Gasteiger partial charge >= 0.3 is 0 Å². The smallest absolute Gasteiger partial charge is 0.0693 e. The Kier molecular flexibility index (Phi) is 2.74. The molecule has 4 heteroatoms. The number of hydrogen-bond donors (Lipinski definition) is 1. The molecule has 0 amide bonds. The lowest BCUT2D eigenvalue weighted by molar-refractivity contribution is 0.281. The number of rotatable bonds is 1. The fourth-order valence-corrected chi connectivity index (χ4v) is 3.38. The molecular formula is C9H6Br2OS. The molecule has 68 valence electrons. The number of thiophene rings is 1. The summed E-state index contributed by atoms with van der Waals surface area (Å²) in [7, 11) is 0. The second-order valence-electron chi connectivity index (χ2n) is 2.68. The Morgan fingerprint density at radius 2 is 2.00 bits per heavy atom. The van der Waals surface area contributed by atoms with Gasteiger partial charge in [-0.05, 0) is 33.6 Å². The Labute approximate surface area is 96.6 Å². The van der Waals surface area contributed by atoms with Crippen LogP contribution in [-0.4, -0.2) is 5.11 Å². The van der Waals surface area contributed by atoms with E-state index in [4.69, 9.17) is 5.11 Å². The third-order valence-electron chi connectivity index (χ3n) is 1.87. The van der Waals surface area contributed by atoms with E-state index in [9.17, 15) is 0 Å². The van der Waals surface area contributed by atoms with Gasteiger partial charge in [0.1, 0.15) is 0 Å². The van der Waals surface area contributed by atoms with Crippen LogP contribution in [0.25, 0.3) is 10.1 Å². The van der Waals surface area contributed by atoms with Gasteiger partial charge in [0.05, 0.1) is 6.61 Å². The molecule has 0 unspecified atom stereocenters. The second kappa shape index (κ2) is 3.69. The Bertz CT molecular complexity index is 450. The van der Waals surface area contributed by atoms with Gasteiger partial charge in [-0.25, -0.2) is 0 Å². The quantitative estimate of drug-likeness (QED) is 0.844. The van der Waals surface area contributed by atoms with Crippen LogP contribution in [-0.2, 0) is 6.61 Å². The van der Waals surface area contributed by atoms with Crippen molar-refractivity contribution in [2.24, 2.45) is 0 Å². The molecule has 1 heterocycles. The van der Waals surface area contributed by atoms with E-state index in [-0.39, 0.29) is 6.61 Å². The Balaban J connectivity index is 2.77. The molecule has 0 aliphatic carbocycles. The molecule has 2 rings (SSSR count). The van der Waals surface area contributed by atoms with E-state index in [1.165, 1.54) is 4.70 Å². The van der Waals surface area contributed by atoms with Crippen LogP contribution in [0.2, 0.25) is 0 Å². The molecule has 13 heavy (non-hydrogen) atoms. The molecule has 1 N–H and O–H groups in total. The Morgan fingerprint density at radius 1 is 1.23 bits per heavy atom. The molecule has 0 aliphatic heterocycles. The van der Waals surface area contributed by atoms with Gasteiger partial charge in [0.25, 0.3) is 0 Å². The minimum Gasteiger partial charge on any atom is -0.392 e. The van der Waals surface area contributed by atoms with Gasteiger partial charge in [-0.15, -0.1) is 11.3 Å². The van der Waals surface area contributed by atoms with Crippen molar-refractivity contribution >= 4 is 53.3 Å². The van der Waals surface area contributed by atoms with E-state index in [0.29, 0.717) is 0 Å². The summed E-state index contributed by atoms with van der Waals surface area (Å²) >= 11 is 8.58. The molecule has 0 atom stereocenters. The maximum atomic E-state index is 9.06. The minimum atomic E-state index is 0.0683. The first-order valence-corrected chi connectivity index (χ1v) is 6.15. The van der Waals surface area contributed by atoms with Gasteiger partial charge in [0.15, 0.2) is 0 Å². The molecular weight excluding hydrogens is 316 g/mol. The van der Waals surface area contributed by atoms with Crippen molar-refractivity contribution in [3.63, 3.8) is 0 Å². The summed E-state index contributed by atoms with van der Waals surface area (Å²) in [5.41, 5.74) is 0.923. The van der Waals surface area contributed by atoms with Gasteiger partial charge < -0.3 is 5.11 Å². The van der Waals surface area contributed by atoms with Crippen molar-refractivity contribution in [1.82, 2.24) is 0 Å². The van der Waals surface area contributed by atoms with E-state index < -0.39 is 0 Å². The highest BCUT2D eigenvalue weighted by molar-refractivity contribution is 9.11. The van der Waals surface area contributed by atoms with Crippen LogP contribution >= 0.6 is 43.2 Å². The zero-order chi connectivity index (χ0) is 9.42. The monoisotopic (exact) mass is 320 g/mol. The average Bonchev–Trinajstić information content (AvgIpc) is 2.46. The molecule has 0 saturated heterocycles. The highest BCUT2D eigenvalue weighted by atomic mass is 79.9. The van der Waals surface area contributed by atoms with Gasteiger partial charge in [0, 0.05) is 24.4 Å². The van der Waals surface area contributed by atoms with Crippen molar-refractivity contribution < 1.29 is 5.11 Å². The number of halogens is 2. The van der Waals surface area contributed by atoms with Crippen molar-refractivity contribution in [2.45, 2.75) is 6.61 Å². The molecule has 2 aromatic rings. The SMILES string of the molecule is OCc1cc2c(Br)csc2cc1Br. The fraction of sp³-hybridized carbons (Fsp3) is 0.111. The Hall–Kier alpha value is 0.1000. The summed E-state index contributed by atoms with van der Waals surface area (Å²) in [5.74, 6) is 0. The number of benzene rings is 1. The van der Waals surface area contributed by atoms with E-state index >= 15 is 0 Å². The van der Waals surface area contributed by atoms with Gasteiger partial charge in [0.2, 0.25) is 0 Å². The largest absolute Gasteiger partial charge is 0.392 e. The van der Waals surface area contributed by atoms with Crippen LogP contribution in [0.15, 0.2) is 26.5 Å². The highest BCUT2D eigenvalue weighted by Crippen LogP contribution is 2.34. The molecule has 0 fully saturated rings. The normalized spacial score (nSPS) is 11.0. The van der Waals surface area contributed by atoms with Crippen LogP contribution in [0.1, 0.15) is 5.56 Å². The summed E-state index contributed by atoms with van der Waals surface area (Å²) in [6, 6.07) is 4.04. The van der Waals surface area contributed by atoms with Crippen molar-refractivity contribution in [1.29, 1.82) is 0 Å². The van der Waals surface area contributed by atoms with Crippen LogP contribution in [0.4, 0.5) is 0 Å². The first-order valence-electron chi connectivity index (χ1n) is 3.68. The summed E-state index contributed by atoms with van der Waals surface area (Å²) in [5, 5.41) is 12.3. The number of aliphatic hydroxyl groups excluding tert-OH is 1. The van der Waals surface area contributed by atoms with Gasteiger partial charge in [-0.3, -0.25) is 0 Å². The van der Waals surface area contributed by atoms with E-state index in [1.807, 2.05) is 12.1 Å². The molecule has 0 saturated carbocycles. The topological polar surface area (TPSA) is 20.2 Å². The zero-order valence-electron chi connectivity index (χ0n) is 6.55. The fourth-order valence-electron chi connectivity index (χ4n) is 1.18. The zero-order valence-corrected chi connectivity index (χ0v) is 10.5. The van der Waals surface area contributed by atoms with Crippen LogP contribution < -0.4 is 0 Å². The summed E-state index contributed by atoms with van der Waals surface area (Å²) in [6.45, 7) is 0.0683. The van der Waals surface area contributed by atoms with E-state index in [1.54, 1.807) is 11.3 Å². The van der Waals surface area contributed by atoms with Crippen LogP contribution in [0.3, 0.4) is 0 Å². The van der Waals surface area contributed by atoms with Crippen molar-refractivity contribution in [3.05, 3.63) is 32.0 Å². The molecule has 1 aromatic carbocycles. The van der Waals surface area contributed by atoms with Crippen LogP contribution in [0.5, 0.6) is 0 Å². The molecule has 0 aliphatic rings. The predicted molar refractivity (Wildman–Crippen MR) is 63.1 cm³/mol. The first-order chi connectivity index (χ1) is 6.22. The number of aliphatic hydroxyl groups is 1. The molecule has 0 spiro atoms. The lowest BCUT2D eigenvalue weighted by Gasteiger charge is -2.00. The molecule has 0 radical (unpaired) electrons. The summed E-state index contributed by atoms with van der Waals surface area (Å²) in [6.07, 6.45) is 0. The third kappa shape index (κ3) is 1.68.